The summed E-state index contributed by atoms with van der Waals surface area (Å²) < 4.78 is 1.90. The third-order valence-electron chi connectivity index (χ3n) is 8.32. The second-order valence-corrected chi connectivity index (χ2v) is 12.5. The molecule has 2 saturated carbocycles. The van der Waals surface area contributed by atoms with Crippen molar-refractivity contribution in [2.45, 2.75) is 74.5 Å². The number of halogens is 1. The standard InChI is InChI=1S/C28H33ClN4OS/c1-18-12-21(35-22-15-28(16-22)8-10-30-11-9-28)6-7-24(18)32-26-14-25-19(17-31-26)13-23(29)27(34)33(25)20-4-2-3-5-20/h6-7,12-14,17,20,22,30H,2-5,8-11,15-16H2,1H3,(H,31,32). The molecule has 0 radical (unpaired) electrons. The van der Waals surface area contributed by atoms with E-state index in [1.807, 2.05) is 28.6 Å². The molecular weight excluding hydrogens is 476 g/mol. The topological polar surface area (TPSA) is 59.0 Å². The van der Waals surface area contributed by atoms with Crippen molar-refractivity contribution in [2.75, 3.05) is 18.4 Å². The van der Waals surface area contributed by atoms with E-state index in [2.05, 4.69) is 40.7 Å². The van der Waals surface area contributed by atoms with E-state index in [9.17, 15) is 4.79 Å². The number of anilines is 2. The molecule has 2 aromatic heterocycles. The summed E-state index contributed by atoms with van der Waals surface area (Å²) in [5, 5.41) is 8.91. The molecule has 3 fully saturated rings. The average Bonchev–Trinajstić information content (AvgIpc) is 3.36. The predicted octanol–water partition coefficient (Wildman–Crippen LogP) is 6.84. The third-order valence-corrected chi connectivity index (χ3v) is 9.78. The molecule has 0 atom stereocenters. The lowest BCUT2D eigenvalue weighted by atomic mass is 9.63. The Morgan fingerprint density at radius 3 is 2.66 bits per heavy atom. The Labute approximate surface area is 216 Å². The summed E-state index contributed by atoms with van der Waals surface area (Å²) in [6.45, 7) is 4.52. The molecule has 1 aromatic carbocycles. The molecule has 3 heterocycles. The molecule has 5 nitrogen and oxygen atoms in total. The molecule has 1 aliphatic heterocycles. The van der Waals surface area contributed by atoms with Gasteiger partial charge in [0.2, 0.25) is 0 Å². The predicted molar refractivity (Wildman–Crippen MR) is 146 cm³/mol. The fraction of sp³-hybridized carbons (Fsp3) is 0.500. The highest BCUT2D eigenvalue weighted by Crippen LogP contribution is 2.54. The Hall–Kier alpha value is -2.02. The van der Waals surface area contributed by atoms with Crippen molar-refractivity contribution in [1.29, 1.82) is 0 Å². The van der Waals surface area contributed by atoms with E-state index < -0.39 is 0 Å². The molecule has 7 heteroatoms. The SMILES string of the molecule is Cc1cc(SC2CC3(CCNCC3)C2)ccc1Nc1cc2c(cn1)cc(Cl)c(=O)n2C1CCCC1. The van der Waals surface area contributed by atoms with Crippen LogP contribution < -0.4 is 16.2 Å². The van der Waals surface area contributed by atoms with Gasteiger partial charge in [-0.3, -0.25) is 4.79 Å². The van der Waals surface area contributed by atoms with Crippen molar-refractivity contribution in [3.63, 3.8) is 0 Å². The maximum atomic E-state index is 12.9. The first-order chi connectivity index (χ1) is 17.0. The van der Waals surface area contributed by atoms with Crippen molar-refractivity contribution in [3.05, 3.63) is 57.5 Å². The molecule has 0 bridgehead atoms. The number of aromatic nitrogens is 2. The number of benzene rings is 1. The summed E-state index contributed by atoms with van der Waals surface area (Å²) >= 11 is 8.32. The highest BCUT2D eigenvalue weighted by atomic mass is 35.5. The minimum Gasteiger partial charge on any atom is -0.340 e. The van der Waals surface area contributed by atoms with Crippen LogP contribution in [0.2, 0.25) is 5.02 Å². The summed E-state index contributed by atoms with van der Waals surface area (Å²) in [7, 11) is 0. The van der Waals surface area contributed by atoms with Gasteiger partial charge in [-0.1, -0.05) is 24.4 Å². The van der Waals surface area contributed by atoms with E-state index in [4.69, 9.17) is 11.6 Å². The van der Waals surface area contributed by atoms with Gasteiger partial charge in [-0.15, -0.1) is 11.8 Å². The lowest BCUT2D eigenvalue weighted by molar-refractivity contribution is 0.0940. The number of thioether (sulfide) groups is 1. The monoisotopic (exact) mass is 508 g/mol. The average molecular weight is 509 g/mol. The number of fused-ring (bicyclic) bond motifs is 1. The van der Waals surface area contributed by atoms with E-state index in [-0.39, 0.29) is 16.6 Å². The summed E-state index contributed by atoms with van der Waals surface area (Å²) in [4.78, 5) is 18.9. The summed E-state index contributed by atoms with van der Waals surface area (Å²) in [6, 6.07) is 10.6. The molecule has 184 valence electrons. The minimum atomic E-state index is -0.0944. The van der Waals surface area contributed by atoms with E-state index >= 15 is 0 Å². The Bertz CT molecular complexity index is 1300. The number of aryl methyl sites for hydroxylation is 1. The second-order valence-electron chi connectivity index (χ2n) is 10.7. The highest BCUT2D eigenvalue weighted by molar-refractivity contribution is 8.00. The van der Waals surface area contributed by atoms with E-state index in [1.54, 1.807) is 6.07 Å². The first kappa shape index (κ1) is 23.4. The van der Waals surface area contributed by atoms with Crippen LogP contribution in [0.3, 0.4) is 0 Å². The molecule has 1 saturated heterocycles. The van der Waals surface area contributed by atoms with Crippen molar-refractivity contribution in [1.82, 2.24) is 14.9 Å². The molecule has 2 aliphatic carbocycles. The van der Waals surface area contributed by atoms with E-state index in [0.717, 1.165) is 53.3 Å². The molecule has 3 aromatic rings. The number of nitrogens with zero attached hydrogens (tertiary/aromatic N) is 2. The van der Waals surface area contributed by atoms with Crippen molar-refractivity contribution in [2.24, 2.45) is 5.41 Å². The molecule has 2 N–H and O–H groups in total. The highest BCUT2D eigenvalue weighted by Gasteiger charge is 2.44. The van der Waals surface area contributed by atoms with Gasteiger partial charge in [-0.25, -0.2) is 4.98 Å². The molecule has 35 heavy (non-hydrogen) atoms. The largest absolute Gasteiger partial charge is 0.340 e. The van der Waals surface area contributed by atoms with Crippen molar-refractivity contribution < 1.29 is 0 Å². The van der Waals surface area contributed by atoms with Crippen LogP contribution in [0, 0.1) is 12.3 Å². The number of rotatable bonds is 5. The number of nitrogens with one attached hydrogen (secondary N) is 2. The van der Waals surface area contributed by atoms with Gasteiger partial charge in [0.05, 0.1) is 5.52 Å². The van der Waals surface area contributed by atoms with Crippen LogP contribution in [0.15, 0.2) is 46.2 Å². The van der Waals surface area contributed by atoms with Gasteiger partial charge in [0.1, 0.15) is 10.8 Å². The van der Waals surface area contributed by atoms with Crippen LogP contribution in [0.25, 0.3) is 10.9 Å². The van der Waals surface area contributed by atoms with Gasteiger partial charge in [0.15, 0.2) is 0 Å². The smallest absolute Gasteiger partial charge is 0.270 e. The normalized spacial score (nSPS) is 20.4. The van der Waals surface area contributed by atoms with Crippen LogP contribution in [0.4, 0.5) is 11.5 Å². The fourth-order valence-electron chi connectivity index (χ4n) is 6.33. The summed E-state index contributed by atoms with van der Waals surface area (Å²) in [5.41, 5.74) is 3.68. The fourth-order valence-corrected chi connectivity index (χ4v) is 8.18. The zero-order chi connectivity index (χ0) is 24.0. The molecular formula is C28H33ClN4OS. The first-order valence-electron chi connectivity index (χ1n) is 13.0. The molecule has 1 spiro atoms. The summed E-state index contributed by atoms with van der Waals surface area (Å²) in [5.74, 6) is 0.751. The van der Waals surface area contributed by atoms with Gasteiger partial charge in [0, 0.05) is 39.5 Å². The number of hydrogen-bond acceptors (Lipinski definition) is 5. The van der Waals surface area contributed by atoms with Gasteiger partial charge in [-0.2, -0.15) is 0 Å². The Kier molecular flexibility index (Phi) is 6.32. The minimum absolute atomic E-state index is 0.0944. The van der Waals surface area contributed by atoms with Crippen molar-refractivity contribution in [3.8, 4) is 0 Å². The lowest BCUT2D eigenvalue weighted by Gasteiger charge is -2.50. The van der Waals surface area contributed by atoms with Crippen LogP contribution in [0.1, 0.15) is 63.0 Å². The van der Waals surface area contributed by atoms with Crippen LogP contribution in [-0.4, -0.2) is 27.9 Å². The number of hydrogen-bond donors (Lipinski definition) is 2. The van der Waals surface area contributed by atoms with Gasteiger partial charge >= 0.3 is 0 Å². The van der Waals surface area contributed by atoms with Crippen LogP contribution in [-0.2, 0) is 0 Å². The van der Waals surface area contributed by atoms with Gasteiger partial charge in [0.25, 0.3) is 5.56 Å². The molecule has 0 amide bonds. The number of piperidine rings is 1. The third kappa shape index (κ3) is 4.61. The zero-order valence-corrected chi connectivity index (χ0v) is 21.9. The quantitative estimate of drug-likeness (QED) is 0.395. The molecule has 0 unspecified atom stereocenters. The van der Waals surface area contributed by atoms with Crippen LogP contribution in [0.5, 0.6) is 0 Å². The Morgan fingerprint density at radius 2 is 1.91 bits per heavy atom. The maximum absolute atomic E-state index is 12.9. The Morgan fingerprint density at radius 1 is 1.14 bits per heavy atom. The molecule has 6 rings (SSSR count). The van der Waals surface area contributed by atoms with Gasteiger partial charge in [-0.05, 0) is 93.8 Å². The molecule has 3 aliphatic rings. The first-order valence-corrected chi connectivity index (χ1v) is 14.2. The zero-order valence-electron chi connectivity index (χ0n) is 20.3. The lowest BCUT2D eigenvalue weighted by Crippen LogP contribution is -2.46. The van der Waals surface area contributed by atoms with E-state index in [0.29, 0.717) is 5.41 Å². The van der Waals surface area contributed by atoms with Crippen LogP contribution >= 0.6 is 23.4 Å². The maximum Gasteiger partial charge on any atom is 0.270 e. The number of pyridine rings is 2. The second kappa shape index (κ2) is 9.45. The van der Waals surface area contributed by atoms with Gasteiger partial charge < -0.3 is 15.2 Å². The van der Waals surface area contributed by atoms with Crippen molar-refractivity contribution >= 4 is 45.8 Å². The summed E-state index contributed by atoms with van der Waals surface area (Å²) in [6.07, 6.45) is 11.6. The van der Waals surface area contributed by atoms with E-state index in [1.165, 1.54) is 49.2 Å². The Balaban J connectivity index is 1.20.